The summed E-state index contributed by atoms with van der Waals surface area (Å²) in [5.74, 6) is 0. The zero-order chi connectivity index (χ0) is 26.0. The summed E-state index contributed by atoms with van der Waals surface area (Å²) in [5.41, 5.74) is 0. The van der Waals surface area contributed by atoms with Gasteiger partial charge in [0, 0.05) is 16.8 Å². The molecule has 33 heavy (non-hydrogen) atoms. The van der Waals surface area contributed by atoms with E-state index in [4.69, 9.17) is 9.30 Å². The molecular formula is C22H54CoN6Si4-4. The Morgan fingerprint density at radius 3 is 0.606 bits per heavy atom. The first kappa shape index (κ1) is 37.5. The van der Waals surface area contributed by atoms with Crippen LogP contribution in [0, 0.1) is 13.3 Å². The summed E-state index contributed by atoms with van der Waals surface area (Å²) in [5, 5.41) is 0. The second kappa shape index (κ2) is 15.9. The molecule has 2 aliphatic rings. The van der Waals surface area contributed by atoms with E-state index < -0.39 is 32.9 Å². The fraction of sp³-hybridized carbons (Fsp3) is 0.727. The molecular weight excluding hydrogens is 520 g/mol. The van der Waals surface area contributed by atoms with E-state index in [9.17, 15) is 0 Å². The van der Waals surface area contributed by atoms with Gasteiger partial charge in [-0.25, -0.2) is 0 Å². The fourth-order valence-electron chi connectivity index (χ4n) is 3.16. The van der Waals surface area contributed by atoms with Crippen molar-refractivity contribution in [3.8, 4) is 0 Å². The fourth-order valence-corrected chi connectivity index (χ4v) is 19.3. The van der Waals surface area contributed by atoms with Crippen LogP contribution < -0.4 is 0 Å². The largest absolute Gasteiger partial charge is 0.668 e. The molecule has 0 amide bonds. The van der Waals surface area contributed by atoms with Gasteiger partial charge in [0.15, 0.2) is 0 Å². The van der Waals surface area contributed by atoms with Gasteiger partial charge in [0.2, 0.25) is 0 Å². The molecule has 0 bridgehead atoms. The first-order valence-corrected chi connectivity index (χ1v) is 25.2. The number of hydrogen-bond acceptors (Lipinski definition) is 4. The van der Waals surface area contributed by atoms with Gasteiger partial charge in [0.05, 0.1) is 0 Å². The van der Waals surface area contributed by atoms with Crippen molar-refractivity contribution in [2.75, 3.05) is 28.2 Å². The van der Waals surface area contributed by atoms with Crippen LogP contribution in [-0.4, -0.2) is 80.7 Å². The van der Waals surface area contributed by atoms with E-state index in [0.29, 0.717) is 0 Å². The van der Waals surface area contributed by atoms with Crippen molar-refractivity contribution < 1.29 is 16.8 Å². The summed E-state index contributed by atoms with van der Waals surface area (Å²) in [4.78, 5) is 8.00. The average molecular weight is 574 g/mol. The smallest absolute Gasteiger partial charge is 0 e. The van der Waals surface area contributed by atoms with Crippen molar-refractivity contribution in [3.05, 3.63) is 47.4 Å². The second-order valence-electron chi connectivity index (χ2n) is 12.4. The van der Waals surface area contributed by atoms with Gasteiger partial charge in [-0.2, -0.15) is 13.3 Å². The third-order valence-corrected chi connectivity index (χ3v) is 13.9. The summed E-state index contributed by atoms with van der Waals surface area (Å²) in [6.07, 6.45) is 8.00. The van der Waals surface area contributed by atoms with Crippen LogP contribution in [0.1, 0.15) is 0 Å². The normalized spacial score (nSPS) is 15.8. The predicted molar refractivity (Wildman–Crippen MR) is 158 cm³/mol. The number of hydrogen-bond donors (Lipinski definition) is 0. The number of nitrogens with zero attached hydrogens (tertiary/aromatic N) is 6. The van der Waals surface area contributed by atoms with Crippen molar-refractivity contribution in [3.63, 3.8) is 0 Å². The topological polar surface area (TPSA) is 41.2 Å². The van der Waals surface area contributed by atoms with Crippen LogP contribution in [0.25, 0.3) is 9.30 Å². The Kier molecular flexibility index (Phi) is 18.0. The van der Waals surface area contributed by atoms with Crippen molar-refractivity contribution >= 4 is 32.9 Å². The van der Waals surface area contributed by atoms with Crippen LogP contribution in [0.4, 0.5) is 0 Å². The van der Waals surface area contributed by atoms with Crippen LogP contribution in [-0.2, 0) is 16.8 Å². The van der Waals surface area contributed by atoms with Crippen LogP contribution in [0.5, 0.6) is 0 Å². The zero-order valence-electron chi connectivity index (χ0n) is 24.5. The van der Waals surface area contributed by atoms with Gasteiger partial charge in [0.1, 0.15) is 0 Å². The second-order valence-corrected chi connectivity index (χ2v) is 31.6. The monoisotopic (exact) mass is 573 g/mol. The maximum absolute atomic E-state index is 4.82. The summed E-state index contributed by atoms with van der Waals surface area (Å²) in [6, 6.07) is 0. The molecule has 1 radical (unpaired) electrons. The van der Waals surface area contributed by atoms with Crippen LogP contribution in [0.3, 0.4) is 0 Å². The maximum Gasteiger partial charge on any atom is 0 e. The van der Waals surface area contributed by atoms with Gasteiger partial charge in [0.25, 0.3) is 0 Å². The average Bonchev–Trinajstić information content (AvgIpc) is 3.00. The van der Waals surface area contributed by atoms with Crippen molar-refractivity contribution in [2.45, 2.75) is 78.6 Å². The summed E-state index contributed by atoms with van der Waals surface area (Å²) in [6.45, 7) is 31.6. The predicted octanol–water partition coefficient (Wildman–Crippen LogP) is 6.97. The quantitative estimate of drug-likeness (QED) is 0.269. The SMILES string of the molecule is CN1C=CN(C)[CH-]1.CN1C=CN(C)[CH-]1.C[Si](C)(C)[N-][Si](C)(C)C.C[Si](C)(C)[N-][Si](C)(C)C.[Co]. The Morgan fingerprint density at radius 1 is 0.424 bits per heavy atom. The molecule has 0 aromatic rings. The summed E-state index contributed by atoms with van der Waals surface area (Å²) >= 11 is 0. The molecule has 2 aliphatic heterocycles. The molecule has 6 nitrogen and oxygen atoms in total. The standard InChI is InChI=1S/2C6H18NSi2.2C5H9N2.Co/c2*1-8(2,3)7-9(4,5)6;2*1-6-3-4-7(2)5-6;/h2*1-6H3;2*3-5H,1-2H3;/q4*-1;. The van der Waals surface area contributed by atoms with E-state index in [2.05, 4.69) is 78.6 Å². The molecule has 0 saturated heterocycles. The van der Waals surface area contributed by atoms with Gasteiger partial charge in [-0.3, -0.25) is 0 Å². The Bertz CT molecular complexity index is 469. The van der Waals surface area contributed by atoms with Crippen LogP contribution in [0.15, 0.2) is 24.8 Å². The Balaban J connectivity index is -0.000000362. The van der Waals surface area contributed by atoms with Crippen molar-refractivity contribution in [1.82, 2.24) is 19.6 Å². The third-order valence-electron chi connectivity index (χ3n) is 3.14. The summed E-state index contributed by atoms with van der Waals surface area (Å²) in [7, 11) is 3.58. The van der Waals surface area contributed by atoms with Gasteiger partial charge >= 0.3 is 0 Å². The van der Waals surface area contributed by atoms with E-state index in [-0.39, 0.29) is 16.8 Å². The van der Waals surface area contributed by atoms with Crippen molar-refractivity contribution in [2.24, 2.45) is 0 Å². The molecule has 2 rings (SSSR count). The summed E-state index contributed by atoms with van der Waals surface area (Å²) < 4.78 is 9.64. The molecule has 0 fully saturated rings. The van der Waals surface area contributed by atoms with E-state index in [0.717, 1.165) is 0 Å². The van der Waals surface area contributed by atoms with Crippen molar-refractivity contribution in [1.29, 1.82) is 0 Å². The first-order chi connectivity index (χ1) is 14.0. The van der Waals surface area contributed by atoms with E-state index in [1.54, 1.807) is 0 Å². The van der Waals surface area contributed by atoms with E-state index in [1.165, 1.54) is 0 Å². The van der Waals surface area contributed by atoms with Gasteiger partial charge in [-0.05, 0) is 53.0 Å². The van der Waals surface area contributed by atoms with E-state index in [1.807, 2.05) is 85.9 Å². The van der Waals surface area contributed by atoms with Gasteiger partial charge in [-0.15, -0.1) is 0 Å². The Morgan fingerprint density at radius 2 is 0.576 bits per heavy atom. The molecule has 0 saturated carbocycles. The molecule has 0 aliphatic carbocycles. The van der Waals surface area contributed by atoms with Crippen LogP contribution in [0.2, 0.25) is 78.6 Å². The van der Waals surface area contributed by atoms with E-state index >= 15 is 0 Å². The minimum absolute atomic E-state index is 0. The maximum atomic E-state index is 4.82. The molecule has 2 heterocycles. The van der Waals surface area contributed by atoms with Crippen LogP contribution >= 0.6 is 0 Å². The molecule has 0 aromatic heterocycles. The van der Waals surface area contributed by atoms with Gasteiger partial charge in [-0.1, -0.05) is 112 Å². The molecule has 201 valence electrons. The Hall–Kier alpha value is -0.0260. The first-order valence-electron chi connectivity index (χ1n) is 11.4. The van der Waals surface area contributed by atoms with Gasteiger partial charge < -0.3 is 28.9 Å². The molecule has 11 heteroatoms. The zero-order valence-corrected chi connectivity index (χ0v) is 29.5. The molecule has 0 unspecified atom stereocenters. The molecule has 0 atom stereocenters. The Labute approximate surface area is 222 Å². The number of rotatable bonds is 4. The minimum atomic E-state index is -1.11. The minimum Gasteiger partial charge on any atom is -0.668 e. The molecule has 0 N–H and O–H groups in total. The molecule has 0 aromatic carbocycles. The third kappa shape index (κ3) is 32.0. The molecule has 0 spiro atoms.